The molecule has 30 heavy (non-hydrogen) atoms. The second-order valence-electron chi connectivity index (χ2n) is 7.43. The molecule has 156 valence electrons. The highest BCUT2D eigenvalue weighted by Gasteiger charge is 2.49. The number of ether oxygens (including phenoxy) is 2. The van der Waals surface area contributed by atoms with Crippen molar-refractivity contribution in [3.8, 4) is 5.88 Å². The van der Waals surface area contributed by atoms with Gasteiger partial charge in [-0.25, -0.2) is 4.79 Å². The van der Waals surface area contributed by atoms with Crippen molar-refractivity contribution >= 4 is 15.9 Å². The minimum Gasteiger partial charge on any atom is -0.481 e. The van der Waals surface area contributed by atoms with Crippen molar-refractivity contribution in [3.05, 3.63) is 93.5 Å². The summed E-state index contributed by atoms with van der Waals surface area (Å²) in [6.45, 7) is 2.49. The molecule has 0 saturated carbocycles. The maximum absolute atomic E-state index is 13.0. The van der Waals surface area contributed by atoms with E-state index in [-0.39, 0.29) is 11.7 Å². The van der Waals surface area contributed by atoms with E-state index in [2.05, 4.69) is 52.1 Å². The van der Waals surface area contributed by atoms with Gasteiger partial charge in [0.2, 0.25) is 5.88 Å². The van der Waals surface area contributed by atoms with Crippen LogP contribution in [0.15, 0.2) is 65.5 Å². The molecule has 4 rings (SSSR count). The van der Waals surface area contributed by atoms with Gasteiger partial charge in [0.1, 0.15) is 5.60 Å². The van der Waals surface area contributed by atoms with E-state index >= 15 is 0 Å². The Labute approximate surface area is 184 Å². The van der Waals surface area contributed by atoms with Gasteiger partial charge in [-0.3, -0.25) is 4.57 Å². The van der Waals surface area contributed by atoms with E-state index in [9.17, 15) is 4.79 Å². The molecule has 1 aliphatic heterocycles. The number of halogens is 1. The van der Waals surface area contributed by atoms with Gasteiger partial charge in [-0.2, -0.15) is 4.98 Å². The zero-order valence-electron chi connectivity index (χ0n) is 17.2. The molecular formula is C24H25BrN2O3. The largest absolute Gasteiger partial charge is 0.481 e. The summed E-state index contributed by atoms with van der Waals surface area (Å²) < 4.78 is 14.1. The maximum Gasteiger partial charge on any atom is 0.351 e. The van der Waals surface area contributed by atoms with Crippen molar-refractivity contribution in [1.82, 2.24) is 9.55 Å². The Kier molecular flexibility index (Phi) is 6.06. The normalized spacial score (nSPS) is 20.2. The monoisotopic (exact) mass is 468 g/mol. The van der Waals surface area contributed by atoms with E-state index in [0.29, 0.717) is 30.7 Å². The predicted octanol–water partition coefficient (Wildman–Crippen LogP) is 4.61. The molecule has 0 saturated heterocycles. The predicted molar refractivity (Wildman–Crippen MR) is 120 cm³/mol. The second-order valence-corrected chi connectivity index (χ2v) is 8.08. The minimum absolute atomic E-state index is 0.0628. The number of benzene rings is 2. The Morgan fingerprint density at radius 3 is 2.40 bits per heavy atom. The van der Waals surface area contributed by atoms with Crippen LogP contribution in [0, 0.1) is 0 Å². The molecule has 0 bridgehead atoms. The van der Waals surface area contributed by atoms with E-state index in [1.807, 2.05) is 36.4 Å². The van der Waals surface area contributed by atoms with Gasteiger partial charge in [-0.1, -0.05) is 83.5 Å². The van der Waals surface area contributed by atoms with Crippen LogP contribution in [0.5, 0.6) is 5.88 Å². The molecule has 2 aromatic carbocycles. The molecule has 2 atom stereocenters. The smallest absolute Gasteiger partial charge is 0.351 e. The van der Waals surface area contributed by atoms with E-state index in [1.165, 1.54) is 0 Å². The van der Waals surface area contributed by atoms with E-state index in [1.54, 1.807) is 11.7 Å². The topological polar surface area (TPSA) is 53.3 Å². The van der Waals surface area contributed by atoms with Gasteiger partial charge in [-0.15, -0.1) is 0 Å². The van der Waals surface area contributed by atoms with Crippen LogP contribution in [-0.4, -0.2) is 22.0 Å². The molecule has 0 aliphatic carbocycles. The summed E-state index contributed by atoms with van der Waals surface area (Å²) in [7, 11) is 1.56. The number of rotatable bonds is 7. The molecule has 1 aromatic heterocycles. The first-order valence-corrected chi connectivity index (χ1v) is 11.3. The SMILES string of the molecule is CCc1c(OC)nc(=O)n2c1[C@](OCc1ccccc1)(c1ccccc1)CC2CBr. The van der Waals surface area contributed by atoms with Gasteiger partial charge >= 0.3 is 5.69 Å². The van der Waals surface area contributed by atoms with Gasteiger partial charge in [-0.05, 0) is 17.5 Å². The summed E-state index contributed by atoms with van der Waals surface area (Å²) in [5, 5.41) is 0.639. The van der Waals surface area contributed by atoms with Gasteiger partial charge in [0.05, 0.1) is 25.5 Å². The zero-order valence-corrected chi connectivity index (χ0v) is 18.8. The summed E-state index contributed by atoms with van der Waals surface area (Å²) >= 11 is 3.61. The highest BCUT2D eigenvalue weighted by atomic mass is 79.9. The molecule has 0 fully saturated rings. The number of methoxy groups -OCH3 is 1. The van der Waals surface area contributed by atoms with Crippen LogP contribution in [0.25, 0.3) is 0 Å². The third kappa shape index (κ3) is 3.48. The molecule has 2 heterocycles. The van der Waals surface area contributed by atoms with Crippen LogP contribution >= 0.6 is 15.9 Å². The Morgan fingerprint density at radius 1 is 1.13 bits per heavy atom. The Bertz CT molecular complexity index is 1070. The highest BCUT2D eigenvalue weighted by molar-refractivity contribution is 9.09. The van der Waals surface area contributed by atoms with Crippen LogP contribution in [0.2, 0.25) is 0 Å². The van der Waals surface area contributed by atoms with Crippen LogP contribution in [0.3, 0.4) is 0 Å². The molecule has 0 spiro atoms. The third-order valence-corrected chi connectivity index (χ3v) is 6.50. The van der Waals surface area contributed by atoms with Crippen molar-refractivity contribution < 1.29 is 9.47 Å². The van der Waals surface area contributed by atoms with Crippen molar-refractivity contribution in [2.24, 2.45) is 0 Å². The average Bonchev–Trinajstić information content (AvgIpc) is 3.15. The van der Waals surface area contributed by atoms with Crippen molar-refractivity contribution in [3.63, 3.8) is 0 Å². The molecule has 3 aromatic rings. The Balaban J connectivity index is 1.96. The van der Waals surface area contributed by atoms with Crippen LogP contribution in [-0.2, 0) is 23.4 Å². The van der Waals surface area contributed by atoms with Crippen molar-refractivity contribution in [2.75, 3.05) is 12.4 Å². The lowest BCUT2D eigenvalue weighted by molar-refractivity contribution is -0.0322. The molecule has 5 nitrogen and oxygen atoms in total. The summed E-state index contributed by atoms with van der Waals surface area (Å²) in [6, 6.07) is 20.2. The van der Waals surface area contributed by atoms with Gasteiger partial charge in [0.25, 0.3) is 0 Å². The lowest BCUT2D eigenvalue weighted by atomic mass is 9.85. The van der Waals surface area contributed by atoms with Crippen LogP contribution in [0.4, 0.5) is 0 Å². The first-order chi connectivity index (χ1) is 14.6. The van der Waals surface area contributed by atoms with Crippen LogP contribution in [0.1, 0.15) is 41.8 Å². The van der Waals surface area contributed by atoms with E-state index in [0.717, 1.165) is 22.4 Å². The van der Waals surface area contributed by atoms with E-state index < -0.39 is 5.60 Å². The fourth-order valence-electron chi connectivity index (χ4n) is 4.41. The minimum atomic E-state index is -0.768. The molecule has 1 aliphatic rings. The standard InChI is InChI=1S/C24H25BrN2O3/c1-3-20-21-24(18-12-8-5-9-13-18,30-16-17-10-6-4-7-11-17)14-19(15-25)27(21)23(28)26-22(20)29-2/h4-13,19H,3,14-16H2,1-2H3/t19?,24-/m1/s1. The van der Waals surface area contributed by atoms with Gasteiger partial charge in [0, 0.05) is 17.3 Å². The number of alkyl halides is 1. The van der Waals surface area contributed by atoms with Crippen LogP contribution < -0.4 is 10.4 Å². The van der Waals surface area contributed by atoms with Gasteiger partial charge < -0.3 is 9.47 Å². The first-order valence-electron chi connectivity index (χ1n) is 10.1. The summed E-state index contributed by atoms with van der Waals surface area (Å²) in [5.41, 5.74) is 2.81. The van der Waals surface area contributed by atoms with Crippen molar-refractivity contribution in [1.29, 1.82) is 0 Å². The van der Waals surface area contributed by atoms with Crippen molar-refractivity contribution in [2.45, 2.75) is 38.0 Å². The number of hydrogen-bond donors (Lipinski definition) is 0. The van der Waals surface area contributed by atoms with E-state index in [4.69, 9.17) is 9.47 Å². The third-order valence-electron chi connectivity index (χ3n) is 5.75. The summed E-state index contributed by atoms with van der Waals surface area (Å²) in [6.07, 6.45) is 1.33. The fourth-order valence-corrected chi connectivity index (χ4v) is 4.93. The first kappa shape index (κ1) is 20.8. The zero-order chi connectivity index (χ0) is 21.1. The average molecular weight is 469 g/mol. The lowest BCUT2D eigenvalue weighted by Gasteiger charge is -2.32. The molecule has 0 N–H and O–H groups in total. The molecular weight excluding hydrogens is 444 g/mol. The summed E-state index contributed by atoms with van der Waals surface area (Å²) in [4.78, 5) is 17.2. The van der Waals surface area contributed by atoms with Gasteiger partial charge in [0.15, 0.2) is 0 Å². The Morgan fingerprint density at radius 2 is 1.80 bits per heavy atom. The Hall–Kier alpha value is -2.44. The lowest BCUT2D eigenvalue weighted by Crippen LogP contribution is -2.34. The quantitative estimate of drug-likeness (QED) is 0.474. The molecule has 0 radical (unpaired) electrons. The summed E-state index contributed by atoms with van der Waals surface area (Å²) in [5.74, 6) is 0.382. The number of aromatic nitrogens is 2. The molecule has 1 unspecified atom stereocenters. The molecule has 6 heteroatoms. The second kappa shape index (κ2) is 8.74. The molecule has 0 amide bonds. The fraction of sp³-hybridized carbons (Fsp3) is 0.333. The number of fused-ring (bicyclic) bond motifs is 1. The number of hydrogen-bond acceptors (Lipinski definition) is 4. The maximum atomic E-state index is 13.0. The highest BCUT2D eigenvalue weighted by Crippen LogP contribution is 2.49. The number of nitrogens with zero attached hydrogens (tertiary/aromatic N) is 2.